The van der Waals surface area contributed by atoms with Gasteiger partial charge in [0.1, 0.15) is 0 Å². The number of aliphatic hydroxyl groups excluding tert-OH is 1. The van der Waals surface area contributed by atoms with Crippen LogP contribution in [0.5, 0.6) is 0 Å². The SMILES string of the molecule is CN(C)c1ccc(CC(N)CO)c(Cl)c1.Cl. The van der Waals surface area contributed by atoms with Gasteiger partial charge in [-0.2, -0.15) is 0 Å². The Hall–Kier alpha value is -0.480. The minimum Gasteiger partial charge on any atom is -0.395 e. The number of halogens is 2. The number of benzene rings is 1. The largest absolute Gasteiger partial charge is 0.395 e. The van der Waals surface area contributed by atoms with Crippen molar-refractivity contribution in [2.75, 3.05) is 25.6 Å². The first-order valence-corrected chi connectivity index (χ1v) is 5.24. The number of aliphatic hydroxyl groups is 1. The van der Waals surface area contributed by atoms with Crippen LogP contribution in [0.2, 0.25) is 5.02 Å². The Bertz CT molecular complexity index is 332. The highest BCUT2D eigenvalue weighted by molar-refractivity contribution is 6.31. The molecule has 0 aliphatic heterocycles. The summed E-state index contributed by atoms with van der Waals surface area (Å²) in [6.07, 6.45) is 0.600. The predicted molar refractivity (Wildman–Crippen MR) is 71.8 cm³/mol. The number of rotatable bonds is 4. The lowest BCUT2D eigenvalue weighted by molar-refractivity contribution is 0.265. The summed E-state index contributed by atoms with van der Waals surface area (Å²) in [5, 5.41) is 9.55. The van der Waals surface area contributed by atoms with E-state index in [9.17, 15) is 0 Å². The van der Waals surface area contributed by atoms with Crippen LogP contribution < -0.4 is 10.6 Å². The highest BCUT2D eigenvalue weighted by Gasteiger charge is 2.07. The molecule has 3 nitrogen and oxygen atoms in total. The van der Waals surface area contributed by atoms with E-state index < -0.39 is 0 Å². The van der Waals surface area contributed by atoms with E-state index in [-0.39, 0.29) is 25.1 Å². The number of anilines is 1. The number of nitrogens with two attached hydrogens (primary N) is 1. The average molecular weight is 265 g/mol. The molecule has 1 rings (SSSR count). The summed E-state index contributed by atoms with van der Waals surface area (Å²) in [6, 6.07) is 5.60. The van der Waals surface area contributed by atoms with Crippen LogP contribution in [-0.2, 0) is 6.42 Å². The van der Waals surface area contributed by atoms with Gasteiger partial charge in [-0.15, -0.1) is 12.4 Å². The second-order valence-electron chi connectivity index (χ2n) is 3.82. The molecule has 5 heteroatoms. The zero-order valence-electron chi connectivity index (χ0n) is 9.48. The van der Waals surface area contributed by atoms with Crippen molar-refractivity contribution in [3.63, 3.8) is 0 Å². The fourth-order valence-corrected chi connectivity index (χ4v) is 1.58. The van der Waals surface area contributed by atoms with Crippen LogP contribution in [0.15, 0.2) is 18.2 Å². The van der Waals surface area contributed by atoms with E-state index >= 15 is 0 Å². The maximum absolute atomic E-state index is 8.85. The second-order valence-corrected chi connectivity index (χ2v) is 4.22. The molecule has 16 heavy (non-hydrogen) atoms. The highest BCUT2D eigenvalue weighted by Crippen LogP contribution is 2.23. The van der Waals surface area contributed by atoms with Gasteiger partial charge in [-0.05, 0) is 24.1 Å². The molecule has 0 saturated heterocycles. The van der Waals surface area contributed by atoms with Crippen LogP contribution in [-0.4, -0.2) is 31.9 Å². The molecule has 0 heterocycles. The lowest BCUT2D eigenvalue weighted by Crippen LogP contribution is -2.26. The molecule has 0 aliphatic rings. The summed E-state index contributed by atoms with van der Waals surface area (Å²) in [6.45, 7) is -0.0221. The fraction of sp³-hybridized carbons (Fsp3) is 0.455. The molecule has 0 fully saturated rings. The maximum atomic E-state index is 8.85. The van der Waals surface area contributed by atoms with E-state index in [0.717, 1.165) is 11.3 Å². The van der Waals surface area contributed by atoms with Gasteiger partial charge in [-0.3, -0.25) is 0 Å². The molecule has 0 radical (unpaired) electrons. The summed E-state index contributed by atoms with van der Waals surface area (Å²) < 4.78 is 0. The summed E-state index contributed by atoms with van der Waals surface area (Å²) in [4.78, 5) is 1.99. The van der Waals surface area contributed by atoms with E-state index in [4.69, 9.17) is 22.4 Å². The number of nitrogens with zero attached hydrogens (tertiary/aromatic N) is 1. The second kappa shape index (κ2) is 6.97. The lowest BCUT2D eigenvalue weighted by Gasteiger charge is -2.15. The first-order valence-electron chi connectivity index (χ1n) is 4.86. The molecule has 0 aromatic heterocycles. The van der Waals surface area contributed by atoms with Gasteiger partial charge in [-0.1, -0.05) is 17.7 Å². The van der Waals surface area contributed by atoms with Crippen molar-refractivity contribution < 1.29 is 5.11 Å². The quantitative estimate of drug-likeness (QED) is 0.871. The Balaban J connectivity index is 0.00000225. The standard InChI is InChI=1S/C11H17ClN2O.ClH/c1-14(2)10-4-3-8(11(12)6-10)5-9(13)7-15;/h3-4,6,9,15H,5,7,13H2,1-2H3;1H. The van der Waals surface area contributed by atoms with Crippen LogP contribution in [0.3, 0.4) is 0 Å². The van der Waals surface area contributed by atoms with Crippen molar-refractivity contribution in [3.8, 4) is 0 Å². The molecule has 92 valence electrons. The highest BCUT2D eigenvalue weighted by atomic mass is 35.5. The Kier molecular flexibility index (Phi) is 6.76. The molecular formula is C11H18Cl2N2O. The molecule has 0 aliphatic carbocycles. The normalized spacial score (nSPS) is 11.8. The molecule has 1 aromatic carbocycles. The predicted octanol–water partition coefficient (Wildman–Crippen LogP) is 1.69. The van der Waals surface area contributed by atoms with E-state index in [0.29, 0.717) is 11.4 Å². The van der Waals surface area contributed by atoms with E-state index in [1.165, 1.54) is 0 Å². The van der Waals surface area contributed by atoms with E-state index in [1.807, 2.05) is 37.2 Å². The Labute approximate surface area is 108 Å². The van der Waals surface area contributed by atoms with Gasteiger partial charge in [0.05, 0.1) is 6.61 Å². The molecule has 1 atom stereocenters. The minimum absolute atomic E-state index is 0. The molecule has 1 aromatic rings. The first-order chi connectivity index (χ1) is 7.04. The van der Waals surface area contributed by atoms with Gasteiger partial charge < -0.3 is 15.7 Å². The van der Waals surface area contributed by atoms with Crippen molar-refractivity contribution in [3.05, 3.63) is 28.8 Å². The topological polar surface area (TPSA) is 49.5 Å². The smallest absolute Gasteiger partial charge is 0.0585 e. The zero-order chi connectivity index (χ0) is 11.4. The fourth-order valence-electron chi connectivity index (χ4n) is 1.33. The summed E-state index contributed by atoms with van der Waals surface area (Å²) in [7, 11) is 3.93. The number of hydrogen-bond acceptors (Lipinski definition) is 3. The Morgan fingerprint density at radius 3 is 2.50 bits per heavy atom. The van der Waals surface area contributed by atoms with Gasteiger partial charge >= 0.3 is 0 Å². The lowest BCUT2D eigenvalue weighted by atomic mass is 10.1. The molecule has 0 amide bonds. The summed E-state index contributed by atoms with van der Waals surface area (Å²) in [5.74, 6) is 0. The van der Waals surface area contributed by atoms with Crippen LogP contribution in [0.1, 0.15) is 5.56 Å². The van der Waals surface area contributed by atoms with Gasteiger partial charge in [0.2, 0.25) is 0 Å². The molecule has 3 N–H and O–H groups in total. The third-order valence-corrected chi connectivity index (χ3v) is 2.62. The average Bonchev–Trinajstić information content (AvgIpc) is 2.20. The maximum Gasteiger partial charge on any atom is 0.0585 e. The molecular weight excluding hydrogens is 247 g/mol. The number of hydrogen-bond donors (Lipinski definition) is 2. The summed E-state index contributed by atoms with van der Waals surface area (Å²) >= 11 is 6.11. The zero-order valence-corrected chi connectivity index (χ0v) is 11.1. The van der Waals surface area contributed by atoms with Gasteiger partial charge in [0, 0.05) is 30.8 Å². The van der Waals surface area contributed by atoms with Crippen LogP contribution in [0.4, 0.5) is 5.69 Å². The van der Waals surface area contributed by atoms with Crippen LogP contribution in [0, 0.1) is 0 Å². The van der Waals surface area contributed by atoms with Crippen molar-refractivity contribution in [2.45, 2.75) is 12.5 Å². The molecule has 1 unspecified atom stereocenters. The van der Waals surface area contributed by atoms with Crippen molar-refractivity contribution in [2.24, 2.45) is 5.73 Å². The third-order valence-electron chi connectivity index (χ3n) is 2.27. The van der Waals surface area contributed by atoms with Crippen molar-refractivity contribution >= 4 is 29.7 Å². The van der Waals surface area contributed by atoms with E-state index in [1.54, 1.807) is 0 Å². The molecule has 0 saturated carbocycles. The van der Waals surface area contributed by atoms with Crippen LogP contribution >= 0.6 is 24.0 Å². The van der Waals surface area contributed by atoms with Gasteiger partial charge in [0.15, 0.2) is 0 Å². The molecule has 0 bridgehead atoms. The van der Waals surface area contributed by atoms with Crippen LogP contribution in [0.25, 0.3) is 0 Å². The van der Waals surface area contributed by atoms with Crippen molar-refractivity contribution in [1.29, 1.82) is 0 Å². The summed E-state index contributed by atoms with van der Waals surface area (Å²) in [5.41, 5.74) is 7.69. The third kappa shape index (κ3) is 4.18. The Morgan fingerprint density at radius 2 is 2.06 bits per heavy atom. The molecule has 0 spiro atoms. The monoisotopic (exact) mass is 264 g/mol. The van der Waals surface area contributed by atoms with Crippen molar-refractivity contribution in [1.82, 2.24) is 0 Å². The minimum atomic E-state index is -0.243. The van der Waals surface area contributed by atoms with Gasteiger partial charge in [0.25, 0.3) is 0 Å². The van der Waals surface area contributed by atoms with E-state index in [2.05, 4.69) is 0 Å². The first kappa shape index (κ1) is 15.5. The van der Waals surface area contributed by atoms with Gasteiger partial charge in [-0.25, -0.2) is 0 Å². The Morgan fingerprint density at radius 1 is 1.44 bits per heavy atom.